The second kappa shape index (κ2) is 6.06. The molecule has 0 spiro atoms. The Hall–Kier alpha value is -1.02. The monoisotopic (exact) mass is 233 g/mol. The first-order valence-corrected chi connectivity index (χ1v) is 6.79. The molecule has 1 aliphatic rings. The van der Waals surface area contributed by atoms with Crippen molar-refractivity contribution >= 4 is 0 Å². The minimum atomic E-state index is 0.245. The van der Waals surface area contributed by atoms with Crippen LogP contribution in [0, 0.1) is 5.92 Å². The summed E-state index contributed by atoms with van der Waals surface area (Å²) in [5.41, 5.74) is 7.47. The van der Waals surface area contributed by atoms with E-state index < -0.39 is 0 Å². The summed E-state index contributed by atoms with van der Waals surface area (Å²) in [5, 5.41) is 9.44. The molecule has 2 rings (SSSR count). The van der Waals surface area contributed by atoms with E-state index in [9.17, 15) is 5.11 Å². The van der Waals surface area contributed by atoms with Gasteiger partial charge in [-0.15, -0.1) is 0 Å². The minimum Gasteiger partial charge on any atom is -0.508 e. The Morgan fingerprint density at radius 3 is 2.53 bits per heavy atom. The highest BCUT2D eigenvalue weighted by Gasteiger charge is 2.19. The average Bonchev–Trinajstić information content (AvgIpc) is 2.57. The molecule has 1 aromatic rings. The van der Waals surface area contributed by atoms with Crippen LogP contribution in [0.2, 0.25) is 0 Å². The zero-order valence-corrected chi connectivity index (χ0v) is 10.4. The number of phenols is 1. The molecular weight excluding hydrogens is 210 g/mol. The zero-order chi connectivity index (χ0) is 12.1. The summed E-state index contributed by atoms with van der Waals surface area (Å²) in [4.78, 5) is 0. The number of rotatable bonds is 3. The van der Waals surface area contributed by atoms with Gasteiger partial charge < -0.3 is 10.8 Å². The van der Waals surface area contributed by atoms with Crippen molar-refractivity contribution in [3.8, 4) is 5.75 Å². The number of phenolic OH excluding ortho intramolecular Hbond substituents is 1. The highest BCUT2D eigenvalue weighted by molar-refractivity contribution is 5.27. The van der Waals surface area contributed by atoms with Gasteiger partial charge in [0, 0.05) is 6.04 Å². The van der Waals surface area contributed by atoms with Gasteiger partial charge in [-0.25, -0.2) is 0 Å². The van der Waals surface area contributed by atoms with Gasteiger partial charge >= 0.3 is 0 Å². The third-order valence-corrected chi connectivity index (χ3v) is 3.89. The van der Waals surface area contributed by atoms with Crippen molar-refractivity contribution in [2.24, 2.45) is 11.7 Å². The molecule has 0 aliphatic heterocycles. The molecule has 2 nitrogen and oxygen atoms in total. The molecule has 1 unspecified atom stereocenters. The molecule has 0 bridgehead atoms. The predicted octanol–water partition coefficient (Wildman–Crippen LogP) is 3.23. The van der Waals surface area contributed by atoms with Crippen LogP contribution in [0.1, 0.15) is 44.1 Å². The molecule has 0 aromatic heterocycles. The largest absolute Gasteiger partial charge is 0.508 e. The van der Waals surface area contributed by atoms with E-state index in [4.69, 9.17) is 5.73 Å². The number of aromatic hydroxyl groups is 1. The van der Waals surface area contributed by atoms with Crippen LogP contribution >= 0.6 is 0 Å². The Kier molecular flexibility index (Phi) is 4.43. The second-order valence-electron chi connectivity index (χ2n) is 5.29. The van der Waals surface area contributed by atoms with Crippen molar-refractivity contribution in [3.63, 3.8) is 0 Å². The number of nitrogens with two attached hydrogens (primary N) is 1. The van der Waals surface area contributed by atoms with Gasteiger partial charge in [-0.05, 0) is 42.9 Å². The fourth-order valence-electron chi connectivity index (χ4n) is 2.86. The molecule has 1 fully saturated rings. The van der Waals surface area contributed by atoms with E-state index in [0.29, 0.717) is 11.7 Å². The Balaban J connectivity index is 1.93. The molecule has 0 radical (unpaired) electrons. The van der Waals surface area contributed by atoms with E-state index in [0.717, 1.165) is 12.0 Å². The average molecular weight is 233 g/mol. The van der Waals surface area contributed by atoms with Crippen LogP contribution in [-0.2, 0) is 6.42 Å². The number of hydrogen-bond acceptors (Lipinski definition) is 2. The van der Waals surface area contributed by atoms with Gasteiger partial charge in [0.2, 0.25) is 0 Å². The van der Waals surface area contributed by atoms with Crippen LogP contribution in [-0.4, -0.2) is 11.1 Å². The SMILES string of the molecule is NC(Cc1cccc(O)c1)C1CCCCCC1. The highest BCUT2D eigenvalue weighted by Crippen LogP contribution is 2.26. The summed E-state index contributed by atoms with van der Waals surface area (Å²) in [7, 11) is 0. The highest BCUT2D eigenvalue weighted by atomic mass is 16.3. The molecule has 3 N–H and O–H groups in total. The summed E-state index contributed by atoms with van der Waals surface area (Å²) in [6.07, 6.45) is 8.85. The lowest BCUT2D eigenvalue weighted by molar-refractivity contribution is 0.372. The predicted molar refractivity (Wildman–Crippen MR) is 71.0 cm³/mol. The molecule has 94 valence electrons. The maximum Gasteiger partial charge on any atom is 0.115 e. The third-order valence-electron chi connectivity index (χ3n) is 3.89. The maximum atomic E-state index is 9.44. The first kappa shape index (κ1) is 12.4. The van der Waals surface area contributed by atoms with Gasteiger partial charge in [0.15, 0.2) is 0 Å². The fraction of sp³-hybridized carbons (Fsp3) is 0.600. The van der Waals surface area contributed by atoms with Gasteiger partial charge in [-0.3, -0.25) is 0 Å². The van der Waals surface area contributed by atoms with Crippen LogP contribution in [0.15, 0.2) is 24.3 Å². The molecule has 0 saturated heterocycles. The van der Waals surface area contributed by atoms with Crippen LogP contribution in [0.4, 0.5) is 0 Å². The van der Waals surface area contributed by atoms with Crippen molar-refractivity contribution in [1.82, 2.24) is 0 Å². The van der Waals surface area contributed by atoms with Gasteiger partial charge in [-0.1, -0.05) is 37.8 Å². The van der Waals surface area contributed by atoms with Crippen LogP contribution in [0.25, 0.3) is 0 Å². The number of hydrogen-bond donors (Lipinski definition) is 2. The lowest BCUT2D eigenvalue weighted by Crippen LogP contribution is -2.32. The normalized spacial score (nSPS) is 19.8. The fourth-order valence-corrected chi connectivity index (χ4v) is 2.86. The van der Waals surface area contributed by atoms with Crippen molar-refractivity contribution in [1.29, 1.82) is 0 Å². The van der Waals surface area contributed by atoms with Crippen molar-refractivity contribution < 1.29 is 5.11 Å². The summed E-state index contributed by atoms with van der Waals surface area (Å²) >= 11 is 0. The van der Waals surface area contributed by atoms with E-state index in [2.05, 4.69) is 6.07 Å². The molecule has 1 aliphatic carbocycles. The molecular formula is C15H23NO. The van der Waals surface area contributed by atoms with Crippen molar-refractivity contribution in [3.05, 3.63) is 29.8 Å². The minimum absolute atomic E-state index is 0.245. The number of benzene rings is 1. The standard InChI is InChI=1S/C15H23NO/c16-15(13-7-3-1-2-4-8-13)11-12-6-5-9-14(17)10-12/h5-6,9-10,13,15,17H,1-4,7-8,11,16H2. The van der Waals surface area contributed by atoms with Crippen LogP contribution < -0.4 is 5.73 Å². The smallest absolute Gasteiger partial charge is 0.115 e. The Morgan fingerprint density at radius 1 is 1.18 bits per heavy atom. The van der Waals surface area contributed by atoms with Crippen LogP contribution in [0.3, 0.4) is 0 Å². The van der Waals surface area contributed by atoms with Gasteiger partial charge in [0.05, 0.1) is 0 Å². The molecule has 0 heterocycles. The lowest BCUT2D eigenvalue weighted by atomic mass is 9.88. The molecule has 1 saturated carbocycles. The van der Waals surface area contributed by atoms with E-state index >= 15 is 0 Å². The molecule has 0 amide bonds. The van der Waals surface area contributed by atoms with E-state index in [-0.39, 0.29) is 6.04 Å². The summed E-state index contributed by atoms with van der Waals surface area (Å²) in [5.74, 6) is 1.01. The van der Waals surface area contributed by atoms with E-state index in [1.165, 1.54) is 38.5 Å². The maximum absolute atomic E-state index is 9.44. The van der Waals surface area contributed by atoms with Gasteiger partial charge in [-0.2, -0.15) is 0 Å². The van der Waals surface area contributed by atoms with E-state index in [1.54, 1.807) is 6.07 Å². The van der Waals surface area contributed by atoms with Crippen LogP contribution in [0.5, 0.6) is 5.75 Å². The first-order valence-electron chi connectivity index (χ1n) is 6.79. The van der Waals surface area contributed by atoms with E-state index in [1.807, 2.05) is 12.1 Å². The summed E-state index contributed by atoms with van der Waals surface area (Å²) in [6, 6.07) is 7.73. The van der Waals surface area contributed by atoms with Crippen molar-refractivity contribution in [2.75, 3.05) is 0 Å². The Morgan fingerprint density at radius 2 is 1.88 bits per heavy atom. The molecule has 1 aromatic carbocycles. The molecule has 2 heteroatoms. The zero-order valence-electron chi connectivity index (χ0n) is 10.4. The summed E-state index contributed by atoms with van der Waals surface area (Å²) < 4.78 is 0. The molecule has 1 atom stereocenters. The molecule has 17 heavy (non-hydrogen) atoms. The summed E-state index contributed by atoms with van der Waals surface area (Å²) in [6.45, 7) is 0. The third kappa shape index (κ3) is 3.74. The van der Waals surface area contributed by atoms with Crippen molar-refractivity contribution in [2.45, 2.75) is 51.0 Å². The topological polar surface area (TPSA) is 46.2 Å². The Labute approximate surface area is 104 Å². The quantitative estimate of drug-likeness (QED) is 0.787. The Bertz CT molecular complexity index is 343. The lowest BCUT2D eigenvalue weighted by Gasteiger charge is -2.22. The second-order valence-corrected chi connectivity index (χ2v) is 5.29. The first-order chi connectivity index (χ1) is 8.25. The van der Waals surface area contributed by atoms with Gasteiger partial charge in [0.1, 0.15) is 5.75 Å². The van der Waals surface area contributed by atoms with Gasteiger partial charge in [0.25, 0.3) is 0 Å².